The predicted octanol–water partition coefficient (Wildman–Crippen LogP) is 1.03. The molecule has 0 saturated heterocycles. The first-order valence-corrected chi connectivity index (χ1v) is 8.55. The Morgan fingerprint density at radius 3 is 2.65 bits per heavy atom. The van der Waals surface area contributed by atoms with Gasteiger partial charge in [-0.1, -0.05) is 19.3 Å². The van der Waals surface area contributed by atoms with Crippen molar-refractivity contribution in [3.63, 3.8) is 0 Å². The lowest BCUT2D eigenvalue weighted by atomic mass is 9.72. The average Bonchev–Trinajstić information content (AvgIpc) is 2.86. The van der Waals surface area contributed by atoms with Gasteiger partial charge in [0.25, 0.3) is 0 Å². The fraction of sp³-hybridized carbons (Fsp3) is 0.769. The van der Waals surface area contributed by atoms with Gasteiger partial charge in [0.2, 0.25) is 10.0 Å². The SMILES string of the molecule is Cn1cc(S(=O)(=O)NCC2(CCO)CCCCC2)cn1. The summed E-state index contributed by atoms with van der Waals surface area (Å²) in [5.74, 6) is 0. The van der Waals surface area contributed by atoms with Crippen LogP contribution in [0, 0.1) is 5.41 Å². The Balaban J connectivity index is 2.05. The van der Waals surface area contributed by atoms with Crippen molar-refractivity contribution in [1.29, 1.82) is 0 Å². The monoisotopic (exact) mass is 301 g/mol. The van der Waals surface area contributed by atoms with Gasteiger partial charge in [-0.15, -0.1) is 0 Å². The maximum atomic E-state index is 12.2. The normalized spacial score (nSPS) is 19.1. The molecular formula is C13H23N3O3S. The lowest BCUT2D eigenvalue weighted by Crippen LogP contribution is -2.39. The molecule has 2 rings (SSSR count). The van der Waals surface area contributed by atoms with E-state index in [1.165, 1.54) is 23.5 Å². The summed E-state index contributed by atoms with van der Waals surface area (Å²) in [6.07, 6.45) is 8.85. The largest absolute Gasteiger partial charge is 0.396 e. The fourth-order valence-corrected chi connectivity index (χ4v) is 4.06. The van der Waals surface area contributed by atoms with Gasteiger partial charge in [-0.2, -0.15) is 5.10 Å². The van der Waals surface area contributed by atoms with E-state index < -0.39 is 10.0 Å². The standard InChI is InChI=1S/C13H23N3O3S/c1-16-10-12(9-14-16)20(18,19)15-11-13(7-8-17)5-3-2-4-6-13/h9-10,15,17H,2-8,11H2,1H3. The van der Waals surface area contributed by atoms with Crippen molar-refractivity contribution in [2.24, 2.45) is 12.5 Å². The van der Waals surface area contributed by atoms with Crippen LogP contribution < -0.4 is 4.72 Å². The van der Waals surface area contributed by atoms with E-state index in [4.69, 9.17) is 0 Å². The van der Waals surface area contributed by atoms with E-state index in [2.05, 4.69) is 9.82 Å². The van der Waals surface area contributed by atoms with Gasteiger partial charge in [-0.05, 0) is 24.7 Å². The third-order valence-electron chi connectivity index (χ3n) is 4.19. The zero-order chi connectivity index (χ0) is 14.6. The molecule has 114 valence electrons. The van der Waals surface area contributed by atoms with Gasteiger partial charge < -0.3 is 5.11 Å². The fourth-order valence-electron chi connectivity index (χ4n) is 2.92. The first-order valence-electron chi connectivity index (χ1n) is 7.07. The minimum Gasteiger partial charge on any atom is -0.396 e. The molecule has 1 saturated carbocycles. The Labute approximate surface area is 120 Å². The molecule has 1 aliphatic carbocycles. The summed E-state index contributed by atoms with van der Waals surface area (Å²) in [6, 6.07) is 0. The van der Waals surface area contributed by atoms with E-state index in [9.17, 15) is 13.5 Å². The van der Waals surface area contributed by atoms with Crippen LogP contribution in [0.4, 0.5) is 0 Å². The molecule has 0 atom stereocenters. The zero-order valence-electron chi connectivity index (χ0n) is 11.9. The van der Waals surface area contributed by atoms with Gasteiger partial charge >= 0.3 is 0 Å². The highest BCUT2D eigenvalue weighted by Gasteiger charge is 2.33. The molecule has 0 aromatic carbocycles. The van der Waals surface area contributed by atoms with Crippen molar-refractivity contribution in [1.82, 2.24) is 14.5 Å². The summed E-state index contributed by atoms with van der Waals surface area (Å²) in [5, 5.41) is 13.1. The molecule has 0 amide bonds. The van der Waals surface area contributed by atoms with Gasteiger partial charge in [0.15, 0.2) is 0 Å². The maximum absolute atomic E-state index is 12.2. The molecule has 0 spiro atoms. The van der Waals surface area contributed by atoms with E-state index >= 15 is 0 Å². The Kier molecular flexibility index (Phi) is 4.82. The lowest BCUT2D eigenvalue weighted by molar-refractivity contribution is 0.133. The molecule has 1 aliphatic rings. The van der Waals surface area contributed by atoms with Crippen molar-refractivity contribution >= 4 is 10.0 Å². The summed E-state index contributed by atoms with van der Waals surface area (Å²) in [4.78, 5) is 0.190. The molecule has 6 nitrogen and oxygen atoms in total. The molecule has 1 heterocycles. The first-order chi connectivity index (χ1) is 9.47. The third-order valence-corrected chi connectivity index (χ3v) is 5.54. The number of aromatic nitrogens is 2. The van der Waals surface area contributed by atoms with Crippen LogP contribution in [-0.2, 0) is 17.1 Å². The Morgan fingerprint density at radius 2 is 2.10 bits per heavy atom. The molecule has 1 fully saturated rings. The number of aliphatic hydroxyl groups is 1. The molecule has 7 heteroatoms. The second-order valence-electron chi connectivity index (χ2n) is 5.71. The van der Waals surface area contributed by atoms with E-state index in [-0.39, 0.29) is 16.9 Å². The predicted molar refractivity (Wildman–Crippen MR) is 75.6 cm³/mol. The summed E-state index contributed by atoms with van der Waals surface area (Å²) >= 11 is 0. The zero-order valence-corrected chi connectivity index (χ0v) is 12.7. The van der Waals surface area contributed by atoms with Crippen molar-refractivity contribution in [3.8, 4) is 0 Å². The van der Waals surface area contributed by atoms with Crippen molar-refractivity contribution in [2.75, 3.05) is 13.2 Å². The van der Waals surface area contributed by atoms with Crippen molar-refractivity contribution in [3.05, 3.63) is 12.4 Å². The number of hydrogen-bond acceptors (Lipinski definition) is 4. The number of aliphatic hydroxyl groups excluding tert-OH is 1. The van der Waals surface area contributed by atoms with E-state index in [0.29, 0.717) is 13.0 Å². The minimum absolute atomic E-state index is 0.0950. The van der Waals surface area contributed by atoms with Crippen LogP contribution >= 0.6 is 0 Å². The highest BCUT2D eigenvalue weighted by atomic mass is 32.2. The number of aryl methyl sites for hydroxylation is 1. The number of nitrogens with one attached hydrogen (secondary N) is 1. The van der Waals surface area contributed by atoms with Crippen LogP contribution in [0.2, 0.25) is 0 Å². The van der Waals surface area contributed by atoms with E-state index in [1.807, 2.05) is 0 Å². The summed E-state index contributed by atoms with van der Waals surface area (Å²) in [5.41, 5.74) is -0.0950. The summed E-state index contributed by atoms with van der Waals surface area (Å²) < 4.78 is 28.6. The second kappa shape index (κ2) is 6.24. The Hall–Kier alpha value is -0.920. The van der Waals surface area contributed by atoms with Crippen LogP contribution in [0.3, 0.4) is 0 Å². The Morgan fingerprint density at radius 1 is 1.40 bits per heavy atom. The van der Waals surface area contributed by atoms with Crippen molar-refractivity contribution < 1.29 is 13.5 Å². The quantitative estimate of drug-likeness (QED) is 0.822. The molecule has 0 radical (unpaired) electrons. The van der Waals surface area contributed by atoms with Crippen LogP contribution in [0.15, 0.2) is 17.3 Å². The highest BCUT2D eigenvalue weighted by molar-refractivity contribution is 7.89. The van der Waals surface area contributed by atoms with Crippen LogP contribution in [-0.4, -0.2) is 36.5 Å². The summed E-state index contributed by atoms with van der Waals surface area (Å²) in [6.45, 7) is 0.499. The molecular weight excluding hydrogens is 278 g/mol. The second-order valence-corrected chi connectivity index (χ2v) is 7.48. The average molecular weight is 301 g/mol. The van der Waals surface area contributed by atoms with E-state index in [1.54, 1.807) is 7.05 Å². The number of nitrogens with zero attached hydrogens (tertiary/aromatic N) is 2. The number of hydrogen-bond donors (Lipinski definition) is 2. The molecule has 1 aromatic rings. The third kappa shape index (κ3) is 3.59. The van der Waals surface area contributed by atoms with Crippen molar-refractivity contribution in [2.45, 2.75) is 43.4 Å². The Bertz CT molecular complexity index is 527. The first kappa shape index (κ1) is 15.5. The summed E-state index contributed by atoms with van der Waals surface area (Å²) in [7, 11) is -1.82. The molecule has 0 bridgehead atoms. The van der Waals surface area contributed by atoms with E-state index in [0.717, 1.165) is 25.7 Å². The maximum Gasteiger partial charge on any atom is 0.243 e. The van der Waals surface area contributed by atoms with Crippen LogP contribution in [0.1, 0.15) is 38.5 Å². The minimum atomic E-state index is -3.51. The molecule has 0 aliphatic heterocycles. The molecule has 0 unspecified atom stereocenters. The highest BCUT2D eigenvalue weighted by Crippen LogP contribution is 2.38. The smallest absolute Gasteiger partial charge is 0.243 e. The lowest BCUT2D eigenvalue weighted by Gasteiger charge is -2.37. The number of rotatable bonds is 6. The molecule has 20 heavy (non-hydrogen) atoms. The van der Waals surface area contributed by atoms with Gasteiger partial charge in [0, 0.05) is 26.4 Å². The van der Waals surface area contributed by atoms with Gasteiger partial charge in [-0.3, -0.25) is 4.68 Å². The van der Waals surface area contributed by atoms with Crippen LogP contribution in [0.5, 0.6) is 0 Å². The number of sulfonamides is 1. The van der Waals surface area contributed by atoms with Gasteiger partial charge in [0.1, 0.15) is 4.90 Å². The van der Waals surface area contributed by atoms with Gasteiger partial charge in [0.05, 0.1) is 6.20 Å². The molecule has 2 N–H and O–H groups in total. The topological polar surface area (TPSA) is 84.2 Å². The van der Waals surface area contributed by atoms with Crippen LogP contribution in [0.25, 0.3) is 0 Å². The molecule has 1 aromatic heterocycles. The van der Waals surface area contributed by atoms with Gasteiger partial charge in [-0.25, -0.2) is 13.1 Å².